The predicted octanol–water partition coefficient (Wildman–Crippen LogP) is 4.21. The molecule has 0 spiro atoms. The van der Waals surface area contributed by atoms with Crippen LogP contribution in [0.25, 0.3) is 22.5 Å². The number of hydrogen-bond donors (Lipinski definition) is 1. The first-order valence-electron chi connectivity index (χ1n) is 8.23. The van der Waals surface area contributed by atoms with Crippen molar-refractivity contribution in [2.24, 2.45) is 7.05 Å². The maximum atomic E-state index is 10.2. The fraction of sp³-hybridized carbons (Fsp3) is 0.250. The van der Waals surface area contributed by atoms with Gasteiger partial charge in [-0.25, -0.2) is 4.98 Å². The summed E-state index contributed by atoms with van der Waals surface area (Å²) in [5.41, 5.74) is 3.34. The monoisotopic (exact) mass is 386 g/mol. The summed E-state index contributed by atoms with van der Waals surface area (Å²) in [4.78, 5) is 5.51. The van der Waals surface area contributed by atoms with E-state index in [2.05, 4.69) is 4.98 Å². The largest absolute Gasteiger partial charge is 0.504 e. The van der Waals surface area contributed by atoms with Crippen LogP contribution < -0.4 is 14.2 Å². The number of rotatable bonds is 6. The highest BCUT2D eigenvalue weighted by atomic mass is 32.2. The van der Waals surface area contributed by atoms with Crippen LogP contribution in [-0.2, 0) is 7.05 Å². The average Bonchev–Trinajstić information content (AvgIpc) is 3.08. The molecule has 0 amide bonds. The predicted molar refractivity (Wildman–Crippen MR) is 107 cm³/mol. The van der Waals surface area contributed by atoms with Crippen LogP contribution in [0.3, 0.4) is 0 Å². The van der Waals surface area contributed by atoms with Crippen LogP contribution >= 0.6 is 11.8 Å². The number of aryl methyl sites for hydroxylation is 1. The lowest BCUT2D eigenvalue weighted by atomic mass is 10.0. The molecule has 0 fully saturated rings. The first-order valence-corrected chi connectivity index (χ1v) is 9.45. The zero-order chi connectivity index (χ0) is 19.6. The van der Waals surface area contributed by atoms with Crippen molar-refractivity contribution in [1.29, 1.82) is 0 Å². The van der Waals surface area contributed by atoms with Gasteiger partial charge in [0.25, 0.3) is 0 Å². The molecule has 0 bridgehead atoms. The molecule has 27 heavy (non-hydrogen) atoms. The van der Waals surface area contributed by atoms with E-state index in [9.17, 15) is 5.11 Å². The zero-order valence-corrected chi connectivity index (χ0v) is 16.8. The maximum absolute atomic E-state index is 10.2. The van der Waals surface area contributed by atoms with E-state index in [-0.39, 0.29) is 5.75 Å². The van der Waals surface area contributed by atoms with Crippen LogP contribution in [-0.4, -0.2) is 42.2 Å². The van der Waals surface area contributed by atoms with E-state index < -0.39 is 0 Å². The van der Waals surface area contributed by atoms with Gasteiger partial charge in [0.05, 0.1) is 43.9 Å². The van der Waals surface area contributed by atoms with Gasteiger partial charge in [0.1, 0.15) is 11.5 Å². The molecule has 1 N–H and O–H groups in total. The van der Waals surface area contributed by atoms with Gasteiger partial charge < -0.3 is 23.9 Å². The van der Waals surface area contributed by atoms with E-state index in [0.29, 0.717) is 5.75 Å². The SMILES string of the molecule is COc1ccc(-c2c(-c3cc(OC)c(SC)c(OC)c3)ncn2C)cc1O. The highest BCUT2D eigenvalue weighted by molar-refractivity contribution is 7.98. The lowest BCUT2D eigenvalue weighted by Crippen LogP contribution is -1.95. The van der Waals surface area contributed by atoms with Gasteiger partial charge in [0, 0.05) is 18.2 Å². The second-order valence-corrected chi connectivity index (χ2v) is 6.67. The molecule has 3 rings (SSSR count). The number of hydrogen-bond acceptors (Lipinski definition) is 6. The molecule has 3 aromatic rings. The van der Waals surface area contributed by atoms with Crippen molar-refractivity contribution in [2.75, 3.05) is 27.6 Å². The van der Waals surface area contributed by atoms with E-state index in [1.165, 1.54) is 7.11 Å². The zero-order valence-electron chi connectivity index (χ0n) is 15.9. The molecular formula is C20H22N2O4S. The van der Waals surface area contributed by atoms with Crippen molar-refractivity contribution in [3.8, 4) is 45.5 Å². The summed E-state index contributed by atoms with van der Waals surface area (Å²) < 4.78 is 18.2. The number of thioether (sulfide) groups is 1. The standard InChI is InChI=1S/C20H22N2O4S/c1-22-11-21-18(19(22)12-6-7-15(24-2)14(23)8-12)13-9-16(25-3)20(27-5)17(10-13)26-4/h6-11,23H,1-5H3. The topological polar surface area (TPSA) is 65.7 Å². The molecule has 0 saturated carbocycles. The Hall–Kier alpha value is -2.80. The van der Waals surface area contributed by atoms with Gasteiger partial charge in [-0.1, -0.05) is 0 Å². The second-order valence-electron chi connectivity index (χ2n) is 5.85. The summed E-state index contributed by atoms with van der Waals surface area (Å²) >= 11 is 1.56. The number of aromatic nitrogens is 2. The number of nitrogens with zero attached hydrogens (tertiary/aromatic N) is 2. The van der Waals surface area contributed by atoms with Gasteiger partial charge in [-0.15, -0.1) is 11.8 Å². The third kappa shape index (κ3) is 3.42. The van der Waals surface area contributed by atoms with Crippen LogP contribution in [0.1, 0.15) is 0 Å². The number of imidazole rings is 1. The molecule has 2 aromatic carbocycles. The van der Waals surface area contributed by atoms with E-state index in [0.717, 1.165) is 38.9 Å². The molecule has 0 unspecified atom stereocenters. The van der Waals surface area contributed by atoms with Crippen molar-refractivity contribution in [3.63, 3.8) is 0 Å². The van der Waals surface area contributed by atoms with E-state index in [1.54, 1.807) is 44.4 Å². The Bertz CT molecular complexity index is 944. The average molecular weight is 386 g/mol. The fourth-order valence-electron chi connectivity index (χ4n) is 3.04. The van der Waals surface area contributed by atoms with Crippen LogP contribution in [0.4, 0.5) is 0 Å². The molecule has 6 nitrogen and oxygen atoms in total. The molecule has 142 valence electrons. The van der Waals surface area contributed by atoms with Gasteiger partial charge >= 0.3 is 0 Å². The van der Waals surface area contributed by atoms with Crippen molar-refractivity contribution in [3.05, 3.63) is 36.7 Å². The number of aromatic hydroxyl groups is 1. The van der Waals surface area contributed by atoms with Gasteiger partial charge in [-0.05, 0) is 36.6 Å². The van der Waals surface area contributed by atoms with Gasteiger partial charge in [0.2, 0.25) is 0 Å². The number of ether oxygens (including phenoxy) is 3. The Kier molecular flexibility index (Phi) is 5.51. The quantitative estimate of drug-likeness (QED) is 0.640. The minimum absolute atomic E-state index is 0.0787. The summed E-state index contributed by atoms with van der Waals surface area (Å²) in [5.74, 6) is 1.96. The Morgan fingerprint density at radius 1 is 0.926 bits per heavy atom. The van der Waals surface area contributed by atoms with Crippen LogP contribution in [0.5, 0.6) is 23.0 Å². The molecule has 1 aromatic heterocycles. The maximum Gasteiger partial charge on any atom is 0.160 e. The Balaban J connectivity index is 2.19. The minimum Gasteiger partial charge on any atom is -0.504 e. The highest BCUT2D eigenvalue weighted by Gasteiger charge is 2.19. The smallest absolute Gasteiger partial charge is 0.160 e. The summed E-state index contributed by atoms with van der Waals surface area (Å²) in [5, 5.41) is 10.2. The molecule has 0 aliphatic rings. The van der Waals surface area contributed by atoms with E-state index in [1.807, 2.05) is 36.1 Å². The van der Waals surface area contributed by atoms with Crippen LogP contribution in [0.2, 0.25) is 0 Å². The Morgan fingerprint density at radius 2 is 1.56 bits per heavy atom. The molecule has 1 heterocycles. The molecule has 0 aliphatic heterocycles. The summed E-state index contributed by atoms with van der Waals surface area (Å²) in [6.45, 7) is 0. The normalized spacial score (nSPS) is 10.7. The number of benzene rings is 2. The van der Waals surface area contributed by atoms with Crippen molar-refractivity contribution in [2.45, 2.75) is 4.90 Å². The van der Waals surface area contributed by atoms with Crippen LogP contribution in [0.15, 0.2) is 41.6 Å². The Morgan fingerprint density at radius 3 is 2.07 bits per heavy atom. The number of phenols is 1. The molecule has 0 aliphatic carbocycles. The number of phenolic OH excluding ortho intramolecular Hbond substituents is 1. The van der Waals surface area contributed by atoms with Crippen molar-refractivity contribution >= 4 is 11.8 Å². The second kappa shape index (κ2) is 7.84. The summed E-state index contributed by atoms with van der Waals surface area (Å²) in [7, 11) is 6.71. The summed E-state index contributed by atoms with van der Waals surface area (Å²) in [6.07, 6.45) is 3.72. The molecule has 0 saturated heterocycles. The first kappa shape index (κ1) is 19.0. The van der Waals surface area contributed by atoms with Crippen LogP contribution in [0, 0.1) is 0 Å². The fourth-order valence-corrected chi connectivity index (χ4v) is 3.72. The number of methoxy groups -OCH3 is 3. The molecular weight excluding hydrogens is 364 g/mol. The third-order valence-corrected chi connectivity index (χ3v) is 5.14. The lowest BCUT2D eigenvalue weighted by Gasteiger charge is -2.14. The lowest BCUT2D eigenvalue weighted by molar-refractivity contribution is 0.373. The third-order valence-electron chi connectivity index (χ3n) is 4.33. The van der Waals surface area contributed by atoms with Crippen molar-refractivity contribution in [1.82, 2.24) is 9.55 Å². The minimum atomic E-state index is 0.0787. The van der Waals surface area contributed by atoms with E-state index >= 15 is 0 Å². The Labute approximate surface area is 162 Å². The van der Waals surface area contributed by atoms with E-state index in [4.69, 9.17) is 14.2 Å². The first-order chi connectivity index (χ1) is 13.0. The van der Waals surface area contributed by atoms with Gasteiger partial charge in [-0.3, -0.25) is 0 Å². The van der Waals surface area contributed by atoms with Gasteiger partial charge in [-0.2, -0.15) is 0 Å². The molecule has 0 radical (unpaired) electrons. The molecule has 7 heteroatoms. The summed E-state index contributed by atoms with van der Waals surface area (Å²) in [6, 6.07) is 9.19. The highest BCUT2D eigenvalue weighted by Crippen LogP contribution is 2.42. The molecule has 0 atom stereocenters. The van der Waals surface area contributed by atoms with Crippen molar-refractivity contribution < 1.29 is 19.3 Å². The van der Waals surface area contributed by atoms with Gasteiger partial charge in [0.15, 0.2) is 11.5 Å².